The summed E-state index contributed by atoms with van der Waals surface area (Å²) in [5.41, 5.74) is 2.14. The number of imide groups is 1. The van der Waals surface area contributed by atoms with Gasteiger partial charge in [0.25, 0.3) is 5.24 Å². The van der Waals surface area contributed by atoms with E-state index in [2.05, 4.69) is 10.3 Å². The highest BCUT2D eigenvalue weighted by atomic mass is 32.2. The zero-order chi connectivity index (χ0) is 24.2. The van der Waals surface area contributed by atoms with Gasteiger partial charge < -0.3 is 9.47 Å². The average molecular weight is 471 g/mol. The Kier molecular flexibility index (Phi) is 7.47. The predicted octanol–water partition coefficient (Wildman–Crippen LogP) is 4.64. The first-order chi connectivity index (χ1) is 15.5. The molecule has 1 aromatic carbocycles. The van der Waals surface area contributed by atoms with Crippen LogP contribution in [0.5, 0.6) is 5.75 Å². The molecule has 8 heteroatoms. The maximum absolute atomic E-state index is 12.1. The number of carbonyl (C=O) groups excluding carboxylic acids is 3. The van der Waals surface area contributed by atoms with Gasteiger partial charge in [-0.3, -0.25) is 24.7 Å². The fourth-order valence-corrected chi connectivity index (χ4v) is 4.15. The van der Waals surface area contributed by atoms with Gasteiger partial charge in [0.15, 0.2) is 0 Å². The van der Waals surface area contributed by atoms with Crippen LogP contribution in [0.15, 0.2) is 42.6 Å². The molecule has 1 aromatic heterocycles. The number of hydrogen-bond acceptors (Lipinski definition) is 7. The van der Waals surface area contributed by atoms with Crippen LogP contribution >= 0.6 is 11.8 Å². The molecular weight excluding hydrogens is 440 g/mol. The van der Waals surface area contributed by atoms with Crippen molar-refractivity contribution in [1.29, 1.82) is 0 Å². The number of benzene rings is 1. The Hall–Kier alpha value is -2.87. The number of aromatic nitrogens is 1. The molecule has 1 fully saturated rings. The van der Waals surface area contributed by atoms with Gasteiger partial charge in [-0.25, -0.2) is 0 Å². The van der Waals surface area contributed by atoms with Crippen molar-refractivity contribution >= 4 is 28.9 Å². The van der Waals surface area contributed by atoms with E-state index in [1.807, 2.05) is 64.1 Å². The topological polar surface area (TPSA) is 94.6 Å². The second-order valence-corrected chi connectivity index (χ2v) is 10.9. The summed E-state index contributed by atoms with van der Waals surface area (Å²) in [5.74, 6) is 0.229. The van der Waals surface area contributed by atoms with Crippen LogP contribution in [0.3, 0.4) is 0 Å². The number of nitrogens with zero attached hydrogens (tertiary/aromatic N) is 1. The minimum atomic E-state index is -0.778. The Morgan fingerprint density at radius 2 is 1.85 bits per heavy atom. The van der Waals surface area contributed by atoms with Gasteiger partial charge in [-0.1, -0.05) is 18.2 Å². The molecule has 1 N–H and O–H groups in total. The molecule has 3 rings (SSSR count). The molecule has 0 spiro atoms. The van der Waals surface area contributed by atoms with E-state index in [1.54, 1.807) is 13.1 Å². The van der Waals surface area contributed by atoms with E-state index in [9.17, 15) is 14.4 Å². The van der Waals surface area contributed by atoms with Crippen molar-refractivity contribution in [2.24, 2.45) is 5.41 Å². The zero-order valence-corrected chi connectivity index (χ0v) is 20.5. The lowest BCUT2D eigenvalue weighted by Crippen LogP contribution is -2.35. The van der Waals surface area contributed by atoms with Crippen molar-refractivity contribution in [3.8, 4) is 5.75 Å². The summed E-state index contributed by atoms with van der Waals surface area (Å²) >= 11 is 1.03. The normalized spacial score (nSPS) is 19.2. The Morgan fingerprint density at radius 3 is 2.39 bits per heavy atom. The molecule has 33 heavy (non-hydrogen) atoms. The van der Waals surface area contributed by atoms with Crippen LogP contribution in [0.25, 0.3) is 0 Å². The summed E-state index contributed by atoms with van der Waals surface area (Å²) in [6, 6.07) is 11.4. The maximum atomic E-state index is 12.1. The van der Waals surface area contributed by atoms with Crippen LogP contribution in [-0.2, 0) is 27.2 Å². The highest BCUT2D eigenvalue weighted by Crippen LogP contribution is 2.35. The summed E-state index contributed by atoms with van der Waals surface area (Å²) in [7, 11) is 0. The van der Waals surface area contributed by atoms with E-state index in [-0.39, 0.29) is 23.2 Å². The third-order valence-corrected chi connectivity index (χ3v) is 6.39. The Balaban J connectivity index is 1.47. The molecule has 2 aromatic rings. The first-order valence-electron chi connectivity index (χ1n) is 10.9. The van der Waals surface area contributed by atoms with Gasteiger partial charge >= 0.3 is 5.97 Å². The van der Waals surface area contributed by atoms with Gasteiger partial charge in [0, 0.05) is 23.9 Å². The standard InChI is InChI=1S/C25H30N2O5S/c1-16(32-22(29)24(2,3)4)18-8-9-19(26-15-18)12-13-31-20-10-6-17(7-11-20)14-25(5)21(28)27-23(30)33-25/h6-11,15-16H,12-14H2,1-5H3,(H,27,28,30)/t16?,25-/m0/s1. The van der Waals surface area contributed by atoms with Crippen LogP contribution < -0.4 is 10.1 Å². The lowest BCUT2D eigenvalue weighted by molar-refractivity contribution is -0.158. The van der Waals surface area contributed by atoms with E-state index in [0.717, 1.165) is 34.3 Å². The van der Waals surface area contributed by atoms with E-state index in [0.29, 0.717) is 19.4 Å². The van der Waals surface area contributed by atoms with Gasteiger partial charge in [0.05, 0.1) is 12.0 Å². The first-order valence-corrected chi connectivity index (χ1v) is 11.7. The lowest BCUT2D eigenvalue weighted by Gasteiger charge is -2.21. The minimum Gasteiger partial charge on any atom is -0.493 e. The molecule has 7 nitrogen and oxygen atoms in total. The molecule has 1 aliphatic rings. The van der Waals surface area contributed by atoms with Gasteiger partial charge in [0.2, 0.25) is 5.91 Å². The van der Waals surface area contributed by atoms with Crippen molar-refractivity contribution in [2.75, 3.05) is 6.61 Å². The third-order valence-electron chi connectivity index (χ3n) is 5.32. The van der Waals surface area contributed by atoms with Crippen molar-refractivity contribution in [3.05, 3.63) is 59.4 Å². The largest absolute Gasteiger partial charge is 0.493 e. The molecule has 0 saturated carbocycles. The van der Waals surface area contributed by atoms with E-state index < -0.39 is 10.2 Å². The molecule has 1 aliphatic heterocycles. The first kappa shape index (κ1) is 24.8. The third kappa shape index (κ3) is 6.57. The van der Waals surface area contributed by atoms with Crippen molar-refractivity contribution < 1.29 is 23.9 Å². The molecule has 1 unspecified atom stereocenters. The highest BCUT2D eigenvalue weighted by molar-refractivity contribution is 8.16. The number of carbonyl (C=O) groups is 3. The summed E-state index contributed by atoms with van der Waals surface area (Å²) < 4.78 is 10.5. The van der Waals surface area contributed by atoms with E-state index >= 15 is 0 Å². The average Bonchev–Trinajstić information content (AvgIpc) is 3.00. The van der Waals surface area contributed by atoms with Gasteiger partial charge in [-0.05, 0) is 76.6 Å². The molecular formula is C25H30N2O5S. The molecule has 1 saturated heterocycles. The highest BCUT2D eigenvalue weighted by Gasteiger charge is 2.43. The molecule has 0 aliphatic carbocycles. The van der Waals surface area contributed by atoms with Gasteiger partial charge in [-0.15, -0.1) is 0 Å². The quantitative estimate of drug-likeness (QED) is 0.562. The number of hydrogen-bond donors (Lipinski definition) is 1. The fourth-order valence-electron chi connectivity index (χ4n) is 3.21. The number of nitrogens with one attached hydrogen (secondary N) is 1. The number of pyridine rings is 1. The van der Waals surface area contributed by atoms with Crippen LogP contribution in [0.1, 0.15) is 57.5 Å². The summed E-state index contributed by atoms with van der Waals surface area (Å²) in [6.07, 6.45) is 2.47. The summed E-state index contributed by atoms with van der Waals surface area (Å²) in [5, 5.41) is 2.04. The number of rotatable bonds is 8. The van der Waals surface area contributed by atoms with Crippen LogP contribution in [0.2, 0.25) is 0 Å². The number of esters is 1. The Morgan fingerprint density at radius 1 is 1.15 bits per heavy atom. The van der Waals surface area contributed by atoms with Gasteiger partial charge in [-0.2, -0.15) is 0 Å². The number of ether oxygens (including phenoxy) is 2. The van der Waals surface area contributed by atoms with Gasteiger partial charge in [0.1, 0.15) is 16.6 Å². The SMILES string of the molecule is CC(OC(=O)C(C)(C)C)c1ccc(CCOc2ccc(C[C@]3(C)SC(=O)NC3=O)cc2)nc1. The molecule has 0 bridgehead atoms. The zero-order valence-electron chi connectivity index (χ0n) is 19.6. The summed E-state index contributed by atoms with van der Waals surface area (Å²) in [4.78, 5) is 40.0. The fraction of sp³-hybridized carbons (Fsp3) is 0.440. The van der Waals surface area contributed by atoms with Crippen LogP contribution in [-0.4, -0.2) is 33.5 Å². The van der Waals surface area contributed by atoms with Crippen LogP contribution in [0.4, 0.5) is 4.79 Å². The Bertz CT molecular complexity index is 1010. The van der Waals surface area contributed by atoms with Crippen molar-refractivity contribution in [2.45, 2.75) is 58.3 Å². The predicted molar refractivity (Wildman–Crippen MR) is 127 cm³/mol. The molecule has 2 heterocycles. The smallest absolute Gasteiger partial charge is 0.311 e. The summed E-state index contributed by atoms with van der Waals surface area (Å²) in [6.45, 7) is 9.55. The van der Waals surface area contributed by atoms with E-state index in [4.69, 9.17) is 9.47 Å². The second kappa shape index (κ2) is 9.95. The maximum Gasteiger partial charge on any atom is 0.311 e. The molecule has 2 amide bonds. The molecule has 176 valence electrons. The lowest BCUT2D eigenvalue weighted by atomic mass is 9.97. The van der Waals surface area contributed by atoms with Crippen molar-refractivity contribution in [3.63, 3.8) is 0 Å². The van der Waals surface area contributed by atoms with Crippen LogP contribution in [0, 0.1) is 5.41 Å². The Labute approximate surface area is 198 Å². The monoisotopic (exact) mass is 470 g/mol. The second-order valence-electron chi connectivity index (χ2n) is 9.37. The number of thioether (sulfide) groups is 1. The molecule has 2 atom stereocenters. The number of amides is 2. The van der Waals surface area contributed by atoms with E-state index in [1.165, 1.54) is 0 Å². The minimum absolute atomic E-state index is 0.244. The molecule has 0 radical (unpaired) electrons. The van der Waals surface area contributed by atoms with Crippen molar-refractivity contribution in [1.82, 2.24) is 10.3 Å².